The molecular weight excluding hydrogens is 281 g/mol. The second-order valence-corrected chi connectivity index (χ2v) is 6.48. The molecule has 0 aliphatic carbocycles. The maximum Gasteiger partial charge on any atom is 0.391 e. The summed E-state index contributed by atoms with van der Waals surface area (Å²) in [7, 11) is 5.73. The number of nitrogens with zero attached hydrogens (tertiary/aromatic N) is 2. The van der Waals surface area contributed by atoms with Gasteiger partial charge in [0.2, 0.25) is 0 Å². The Bertz CT molecular complexity index is 330. The largest absolute Gasteiger partial charge is 0.391 e. The van der Waals surface area contributed by atoms with Gasteiger partial charge in [0.15, 0.2) is 0 Å². The van der Waals surface area contributed by atoms with Gasteiger partial charge < -0.3 is 9.84 Å². The van der Waals surface area contributed by atoms with Gasteiger partial charge in [-0.1, -0.05) is 11.8 Å². The molecule has 2 rings (SSSR count). The zero-order valence-electron chi connectivity index (χ0n) is 11.1. The molecule has 2 fully saturated rings. The summed E-state index contributed by atoms with van der Waals surface area (Å²) in [5.74, 6) is 0. The molecule has 0 bridgehead atoms. The molecule has 1 unspecified atom stereocenters. The first-order valence-corrected chi connectivity index (χ1v) is 7.07. The first kappa shape index (κ1) is 15.4. The lowest BCUT2D eigenvalue weighted by Crippen LogP contribution is -2.50. The number of aliphatic hydroxyl groups excluding tert-OH is 1. The molecule has 0 radical (unpaired) electrons. The summed E-state index contributed by atoms with van der Waals surface area (Å²) < 4.78 is 42.7. The molecule has 5 atom stereocenters. The molecule has 0 aromatic carbocycles. The van der Waals surface area contributed by atoms with Gasteiger partial charge in [0, 0.05) is 6.04 Å². The summed E-state index contributed by atoms with van der Waals surface area (Å²) in [5.41, 5.74) is -0.250. The fraction of sp³-hybridized carbons (Fsp3) is 1.00. The molecule has 112 valence electrons. The van der Waals surface area contributed by atoms with Crippen LogP contribution in [0, 0.1) is 0 Å². The SMILES string of the molecule is CN(C)C1S[C@H]2O[C@H](CC(F)(F)F)[C@@H](O)C[C@H]2N1C. The molecule has 0 spiro atoms. The van der Waals surface area contributed by atoms with Gasteiger partial charge in [0.25, 0.3) is 0 Å². The molecule has 0 saturated carbocycles. The minimum atomic E-state index is -4.31. The molecule has 8 heteroatoms. The van der Waals surface area contributed by atoms with Crippen molar-refractivity contribution in [3.05, 3.63) is 0 Å². The van der Waals surface area contributed by atoms with E-state index >= 15 is 0 Å². The van der Waals surface area contributed by atoms with Crippen molar-refractivity contribution in [2.45, 2.75) is 48.2 Å². The van der Waals surface area contributed by atoms with Crippen molar-refractivity contribution < 1.29 is 23.0 Å². The van der Waals surface area contributed by atoms with Gasteiger partial charge in [-0.3, -0.25) is 9.80 Å². The third-order valence-electron chi connectivity index (χ3n) is 3.54. The number of alkyl halides is 3. The molecule has 1 N–H and O–H groups in total. The highest BCUT2D eigenvalue weighted by atomic mass is 32.2. The fourth-order valence-corrected chi connectivity index (χ4v) is 4.15. The van der Waals surface area contributed by atoms with Gasteiger partial charge in [-0.25, -0.2) is 0 Å². The van der Waals surface area contributed by atoms with Gasteiger partial charge in [-0.15, -0.1) is 0 Å². The number of fused-ring (bicyclic) bond motifs is 1. The molecule has 2 heterocycles. The molecule has 0 aromatic rings. The zero-order valence-corrected chi connectivity index (χ0v) is 11.9. The molecule has 19 heavy (non-hydrogen) atoms. The number of hydrogen-bond acceptors (Lipinski definition) is 5. The van der Waals surface area contributed by atoms with Gasteiger partial charge >= 0.3 is 6.18 Å². The summed E-state index contributed by atoms with van der Waals surface area (Å²) in [6.45, 7) is 0. The lowest BCUT2D eigenvalue weighted by atomic mass is 9.98. The Labute approximate surface area is 114 Å². The van der Waals surface area contributed by atoms with E-state index in [1.54, 1.807) is 0 Å². The average Bonchev–Trinajstić information content (AvgIpc) is 2.55. The van der Waals surface area contributed by atoms with Crippen LogP contribution in [-0.2, 0) is 4.74 Å². The molecule has 2 aliphatic heterocycles. The van der Waals surface area contributed by atoms with Gasteiger partial charge in [-0.05, 0) is 27.6 Å². The molecule has 0 aromatic heterocycles. The molecule has 2 aliphatic rings. The van der Waals surface area contributed by atoms with Crippen LogP contribution in [-0.4, -0.2) is 71.4 Å². The predicted octanol–water partition coefficient (Wildman–Crippen LogP) is 1.31. The molecular formula is C11H19F3N2O2S. The van der Waals surface area contributed by atoms with Gasteiger partial charge in [-0.2, -0.15) is 13.2 Å². The Morgan fingerprint density at radius 1 is 1.42 bits per heavy atom. The highest BCUT2D eigenvalue weighted by Gasteiger charge is 2.50. The summed E-state index contributed by atoms with van der Waals surface area (Å²) in [6.07, 6.45) is -7.29. The smallest absolute Gasteiger partial charge is 0.390 e. The van der Waals surface area contributed by atoms with Crippen LogP contribution < -0.4 is 0 Å². The fourth-order valence-electron chi connectivity index (χ4n) is 2.62. The number of halogens is 3. The van der Waals surface area contributed by atoms with E-state index in [4.69, 9.17) is 4.74 Å². The number of likely N-dealkylation sites (N-methyl/N-ethyl adjacent to an activating group) is 1. The van der Waals surface area contributed by atoms with E-state index < -0.39 is 24.8 Å². The van der Waals surface area contributed by atoms with Crippen LogP contribution in [0.3, 0.4) is 0 Å². The van der Waals surface area contributed by atoms with E-state index in [2.05, 4.69) is 0 Å². The first-order valence-electron chi connectivity index (χ1n) is 6.13. The van der Waals surface area contributed by atoms with Crippen LogP contribution in [0.2, 0.25) is 0 Å². The summed E-state index contributed by atoms with van der Waals surface area (Å²) in [4.78, 5) is 4.03. The maximum atomic E-state index is 12.4. The van der Waals surface area contributed by atoms with Gasteiger partial charge in [0.1, 0.15) is 10.9 Å². The summed E-state index contributed by atoms with van der Waals surface area (Å²) in [5, 5.41) is 9.85. The van der Waals surface area contributed by atoms with E-state index in [1.165, 1.54) is 11.8 Å². The second-order valence-electron chi connectivity index (χ2n) is 5.32. The quantitative estimate of drug-likeness (QED) is 0.832. The third-order valence-corrected chi connectivity index (χ3v) is 5.23. The van der Waals surface area contributed by atoms with Crippen LogP contribution in [0.15, 0.2) is 0 Å². The van der Waals surface area contributed by atoms with Crippen molar-refractivity contribution in [3.8, 4) is 0 Å². The van der Waals surface area contributed by atoms with Crippen LogP contribution in [0.4, 0.5) is 13.2 Å². The highest BCUT2D eigenvalue weighted by Crippen LogP contribution is 2.43. The van der Waals surface area contributed by atoms with Crippen LogP contribution in [0.5, 0.6) is 0 Å². The predicted molar refractivity (Wildman–Crippen MR) is 66.6 cm³/mol. The Kier molecular flexibility index (Phi) is 4.37. The minimum Gasteiger partial charge on any atom is -0.390 e. The highest BCUT2D eigenvalue weighted by molar-refractivity contribution is 8.00. The zero-order chi connectivity index (χ0) is 14.4. The minimum absolute atomic E-state index is 0.0446. The van der Waals surface area contributed by atoms with Crippen LogP contribution in [0.1, 0.15) is 12.8 Å². The van der Waals surface area contributed by atoms with Crippen molar-refractivity contribution in [2.75, 3.05) is 21.1 Å². The Morgan fingerprint density at radius 3 is 2.58 bits per heavy atom. The van der Waals surface area contributed by atoms with Gasteiger partial charge in [0.05, 0.1) is 18.6 Å². The second kappa shape index (κ2) is 5.40. The topological polar surface area (TPSA) is 35.9 Å². The lowest BCUT2D eigenvalue weighted by Gasteiger charge is -2.38. The van der Waals surface area contributed by atoms with Crippen LogP contribution >= 0.6 is 11.8 Å². The normalized spacial score (nSPS) is 40.7. The van der Waals surface area contributed by atoms with E-state index in [1.807, 2.05) is 30.9 Å². The number of hydrogen-bond donors (Lipinski definition) is 1. The Balaban J connectivity index is 2.04. The van der Waals surface area contributed by atoms with Crippen molar-refractivity contribution in [2.24, 2.45) is 0 Å². The van der Waals surface area contributed by atoms with Crippen molar-refractivity contribution in [3.63, 3.8) is 0 Å². The van der Waals surface area contributed by atoms with Crippen molar-refractivity contribution in [1.29, 1.82) is 0 Å². The number of thioether (sulfide) groups is 1. The monoisotopic (exact) mass is 300 g/mol. The van der Waals surface area contributed by atoms with Crippen LogP contribution in [0.25, 0.3) is 0 Å². The van der Waals surface area contributed by atoms with E-state index in [0.29, 0.717) is 6.42 Å². The number of ether oxygens (including phenoxy) is 1. The lowest BCUT2D eigenvalue weighted by molar-refractivity contribution is -0.195. The Hall–Kier alpha value is -0.0200. The first-order chi connectivity index (χ1) is 8.69. The van der Waals surface area contributed by atoms with Crippen molar-refractivity contribution >= 4 is 11.8 Å². The molecule has 0 amide bonds. The molecule has 4 nitrogen and oxygen atoms in total. The summed E-state index contributed by atoms with van der Waals surface area (Å²) in [6, 6.07) is -0.0446. The van der Waals surface area contributed by atoms with E-state index in [9.17, 15) is 18.3 Å². The average molecular weight is 300 g/mol. The third kappa shape index (κ3) is 3.36. The molecule has 2 saturated heterocycles. The number of rotatable bonds is 2. The van der Waals surface area contributed by atoms with E-state index in [-0.39, 0.29) is 17.0 Å². The summed E-state index contributed by atoms with van der Waals surface area (Å²) >= 11 is 1.49. The number of aliphatic hydroxyl groups is 1. The van der Waals surface area contributed by atoms with E-state index in [0.717, 1.165) is 0 Å². The standard InChI is InChI=1S/C11H19F3N2O2S/c1-15(2)10-16(3)6-4-7(17)8(5-11(12,13)14)18-9(6)19-10/h6-10,17H,4-5H2,1-3H3/t6-,7+,8-,9-,10?/m1/s1. The maximum absolute atomic E-state index is 12.4. The van der Waals surface area contributed by atoms with Crippen molar-refractivity contribution in [1.82, 2.24) is 9.80 Å². The Morgan fingerprint density at radius 2 is 2.05 bits per heavy atom.